The van der Waals surface area contributed by atoms with Gasteiger partial charge < -0.3 is 15.0 Å². The molecular weight excluding hydrogens is 362 g/mol. The van der Waals surface area contributed by atoms with Gasteiger partial charge in [0.25, 0.3) is 0 Å². The molecule has 1 amide bonds. The Morgan fingerprint density at radius 1 is 1.21 bits per heavy atom. The Morgan fingerprint density at radius 2 is 2.00 bits per heavy atom. The summed E-state index contributed by atoms with van der Waals surface area (Å²) in [5, 5.41) is 2.98. The SMILES string of the molecule is C=CCCC(=O)Nc1cc2nc(C3CCCCC3)[nH]c2cc1Oc1ccccc1. The van der Waals surface area contributed by atoms with Crippen LogP contribution in [-0.2, 0) is 4.79 Å². The van der Waals surface area contributed by atoms with Crippen LogP contribution in [0.5, 0.6) is 11.5 Å². The largest absolute Gasteiger partial charge is 0.455 e. The predicted octanol–water partition coefficient (Wildman–Crippen LogP) is 6.31. The molecule has 150 valence electrons. The molecule has 1 saturated carbocycles. The van der Waals surface area contributed by atoms with Crippen LogP contribution >= 0.6 is 0 Å². The van der Waals surface area contributed by atoms with Crippen LogP contribution in [0.1, 0.15) is 56.7 Å². The lowest BCUT2D eigenvalue weighted by Gasteiger charge is -2.18. The number of aromatic nitrogens is 2. The van der Waals surface area contributed by atoms with Crippen molar-refractivity contribution in [1.29, 1.82) is 0 Å². The number of rotatable bonds is 7. The number of amides is 1. The molecule has 0 spiro atoms. The highest BCUT2D eigenvalue weighted by molar-refractivity contribution is 5.95. The summed E-state index contributed by atoms with van der Waals surface area (Å²) < 4.78 is 6.10. The van der Waals surface area contributed by atoms with Crippen molar-refractivity contribution in [3.05, 3.63) is 60.9 Å². The Bertz CT molecular complexity index is 988. The van der Waals surface area contributed by atoms with Crippen molar-refractivity contribution < 1.29 is 9.53 Å². The first kappa shape index (κ1) is 19.2. The number of benzene rings is 2. The molecule has 0 saturated heterocycles. The lowest BCUT2D eigenvalue weighted by Crippen LogP contribution is -2.11. The molecule has 1 heterocycles. The van der Waals surface area contributed by atoms with Crippen LogP contribution in [0.3, 0.4) is 0 Å². The number of ether oxygens (including phenoxy) is 1. The normalized spacial score (nSPS) is 14.6. The van der Waals surface area contributed by atoms with E-state index in [1.54, 1.807) is 6.08 Å². The topological polar surface area (TPSA) is 67.0 Å². The zero-order valence-electron chi connectivity index (χ0n) is 16.6. The van der Waals surface area contributed by atoms with Crippen LogP contribution in [0.4, 0.5) is 5.69 Å². The van der Waals surface area contributed by atoms with Crippen molar-refractivity contribution in [2.24, 2.45) is 0 Å². The second-order valence-electron chi connectivity index (χ2n) is 7.61. The van der Waals surface area contributed by atoms with E-state index in [0.717, 1.165) is 22.6 Å². The third-order valence-corrected chi connectivity index (χ3v) is 5.41. The van der Waals surface area contributed by atoms with Gasteiger partial charge in [-0.2, -0.15) is 0 Å². The molecule has 29 heavy (non-hydrogen) atoms. The number of imidazole rings is 1. The van der Waals surface area contributed by atoms with E-state index in [2.05, 4.69) is 16.9 Å². The molecule has 1 aromatic heterocycles. The summed E-state index contributed by atoms with van der Waals surface area (Å²) >= 11 is 0. The van der Waals surface area contributed by atoms with Crippen LogP contribution in [-0.4, -0.2) is 15.9 Å². The van der Waals surface area contributed by atoms with E-state index < -0.39 is 0 Å². The highest BCUT2D eigenvalue weighted by Gasteiger charge is 2.20. The van der Waals surface area contributed by atoms with Crippen molar-refractivity contribution in [1.82, 2.24) is 9.97 Å². The Balaban J connectivity index is 1.67. The van der Waals surface area contributed by atoms with Crippen LogP contribution in [0.15, 0.2) is 55.1 Å². The molecule has 0 atom stereocenters. The van der Waals surface area contributed by atoms with E-state index >= 15 is 0 Å². The number of H-pyrrole nitrogens is 1. The van der Waals surface area contributed by atoms with Crippen molar-refractivity contribution >= 4 is 22.6 Å². The number of nitrogens with zero attached hydrogens (tertiary/aromatic N) is 1. The van der Waals surface area contributed by atoms with Gasteiger partial charge in [0.15, 0.2) is 5.75 Å². The number of carbonyl (C=O) groups is 1. The van der Waals surface area contributed by atoms with E-state index in [4.69, 9.17) is 9.72 Å². The number of hydrogen-bond donors (Lipinski definition) is 2. The Hall–Kier alpha value is -3.08. The number of hydrogen-bond acceptors (Lipinski definition) is 3. The van der Waals surface area contributed by atoms with E-state index in [1.807, 2.05) is 42.5 Å². The van der Waals surface area contributed by atoms with E-state index in [0.29, 0.717) is 30.2 Å². The Morgan fingerprint density at radius 3 is 2.76 bits per heavy atom. The quantitative estimate of drug-likeness (QED) is 0.465. The predicted molar refractivity (Wildman–Crippen MR) is 116 cm³/mol. The third-order valence-electron chi connectivity index (χ3n) is 5.41. The van der Waals surface area contributed by atoms with Crippen LogP contribution in [0.25, 0.3) is 11.0 Å². The zero-order chi connectivity index (χ0) is 20.1. The second kappa shape index (κ2) is 8.95. The average molecular weight is 389 g/mol. The first-order valence-corrected chi connectivity index (χ1v) is 10.4. The van der Waals surface area contributed by atoms with Gasteiger partial charge in [0, 0.05) is 18.4 Å². The minimum Gasteiger partial charge on any atom is -0.455 e. The number of fused-ring (bicyclic) bond motifs is 1. The van der Waals surface area contributed by atoms with Gasteiger partial charge in [0.05, 0.1) is 16.7 Å². The van der Waals surface area contributed by atoms with Gasteiger partial charge in [0.2, 0.25) is 5.91 Å². The molecule has 1 aliphatic carbocycles. The zero-order valence-corrected chi connectivity index (χ0v) is 16.6. The maximum Gasteiger partial charge on any atom is 0.224 e. The fourth-order valence-corrected chi connectivity index (χ4v) is 3.87. The maximum absolute atomic E-state index is 12.3. The summed E-state index contributed by atoms with van der Waals surface area (Å²) in [6, 6.07) is 13.4. The second-order valence-corrected chi connectivity index (χ2v) is 7.61. The van der Waals surface area contributed by atoms with Crippen LogP contribution in [0, 0.1) is 0 Å². The molecule has 4 rings (SSSR count). The standard InChI is InChI=1S/C24H27N3O2/c1-2-3-14-23(28)25-21-15-19-20(16-22(21)29-18-12-8-5-9-13-18)27-24(26-19)17-10-6-4-7-11-17/h2,5,8-9,12-13,15-17H,1,3-4,6-7,10-11,14H2,(H,25,28)(H,26,27). The Kier molecular flexibility index (Phi) is 5.94. The van der Waals surface area contributed by atoms with Crippen molar-refractivity contribution in [3.63, 3.8) is 0 Å². The molecule has 2 aromatic carbocycles. The molecule has 2 N–H and O–H groups in total. The van der Waals surface area contributed by atoms with Crippen molar-refractivity contribution in [2.75, 3.05) is 5.32 Å². The molecular formula is C24H27N3O2. The van der Waals surface area contributed by atoms with Crippen molar-refractivity contribution in [2.45, 2.75) is 50.9 Å². The summed E-state index contributed by atoms with van der Waals surface area (Å²) in [5.41, 5.74) is 2.42. The summed E-state index contributed by atoms with van der Waals surface area (Å²) in [4.78, 5) is 20.6. The monoisotopic (exact) mass is 389 g/mol. The molecule has 0 aliphatic heterocycles. The fourth-order valence-electron chi connectivity index (χ4n) is 3.87. The van der Waals surface area contributed by atoms with Gasteiger partial charge in [-0.1, -0.05) is 43.5 Å². The molecule has 0 unspecified atom stereocenters. The fraction of sp³-hybridized carbons (Fsp3) is 0.333. The lowest BCUT2D eigenvalue weighted by atomic mass is 9.89. The maximum atomic E-state index is 12.3. The minimum atomic E-state index is -0.0646. The van der Waals surface area contributed by atoms with Crippen LogP contribution in [0.2, 0.25) is 0 Å². The van der Waals surface area contributed by atoms with Gasteiger partial charge in [-0.15, -0.1) is 6.58 Å². The number of allylic oxidation sites excluding steroid dienone is 1. The summed E-state index contributed by atoms with van der Waals surface area (Å²) in [6.45, 7) is 3.68. The van der Waals surface area contributed by atoms with Crippen LogP contribution < -0.4 is 10.1 Å². The van der Waals surface area contributed by atoms with E-state index in [1.165, 1.54) is 32.1 Å². The third kappa shape index (κ3) is 4.67. The molecule has 1 fully saturated rings. The molecule has 0 radical (unpaired) electrons. The molecule has 0 bridgehead atoms. The number of anilines is 1. The first-order chi connectivity index (χ1) is 14.2. The lowest BCUT2D eigenvalue weighted by molar-refractivity contribution is -0.116. The molecule has 5 nitrogen and oxygen atoms in total. The van der Waals surface area contributed by atoms with Crippen molar-refractivity contribution in [3.8, 4) is 11.5 Å². The first-order valence-electron chi connectivity index (χ1n) is 10.4. The van der Waals surface area contributed by atoms with Gasteiger partial charge in [-0.05, 0) is 37.5 Å². The van der Waals surface area contributed by atoms with E-state index in [9.17, 15) is 4.79 Å². The summed E-state index contributed by atoms with van der Waals surface area (Å²) in [6.07, 6.45) is 8.96. The number of aromatic amines is 1. The molecule has 3 aromatic rings. The highest BCUT2D eigenvalue weighted by Crippen LogP contribution is 2.36. The molecule has 5 heteroatoms. The average Bonchev–Trinajstić information content (AvgIpc) is 3.17. The van der Waals surface area contributed by atoms with E-state index in [-0.39, 0.29) is 5.91 Å². The van der Waals surface area contributed by atoms with Gasteiger partial charge >= 0.3 is 0 Å². The summed E-state index contributed by atoms with van der Waals surface area (Å²) in [7, 11) is 0. The summed E-state index contributed by atoms with van der Waals surface area (Å²) in [5.74, 6) is 2.79. The van der Waals surface area contributed by atoms with Gasteiger partial charge in [-0.3, -0.25) is 4.79 Å². The highest BCUT2D eigenvalue weighted by atomic mass is 16.5. The molecule has 1 aliphatic rings. The number of nitrogens with one attached hydrogen (secondary N) is 2. The minimum absolute atomic E-state index is 0.0646. The number of carbonyl (C=O) groups excluding carboxylic acids is 1. The smallest absolute Gasteiger partial charge is 0.224 e. The van der Waals surface area contributed by atoms with Gasteiger partial charge in [-0.25, -0.2) is 4.98 Å². The Labute approximate surface area is 171 Å². The number of para-hydroxylation sites is 1. The van der Waals surface area contributed by atoms with Gasteiger partial charge in [0.1, 0.15) is 11.6 Å².